The molecule has 1 fully saturated rings. The SMILES string of the molecule is CCNc1cc(C)nc(N2CCN(S(=O)(=O)c3ccc(F)c(Cl)c3)CC2)n1. The van der Waals surface area contributed by atoms with E-state index in [1.54, 1.807) is 0 Å². The minimum atomic E-state index is -3.73. The highest BCUT2D eigenvalue weighted by molar-refractivity contribution is 7.89. The Morgan fingerprint density at radius 1 is 1.19 bits per heavy atom. The molecule has 1 aliphatic rings. The summed E-state index contributed by atoms with van der Waals surface area (Å²) in [7, 11) is -3.73. The summed E-state index contributed by atoms with van der Waals surface area (Å²) in [6.45, 7) is 6.12. The number of anilines is 2. The van der Waals surface area contributed by atoms with E-state index in [1.165, 1.54) is 10.4 Å². The van der Waals surface area contributed by atoms with Crippen LogP contribution in [-0.2, 0) is 10.0 Å². The molecule has 0 aliphatic carbocycles. The minimum absolute atomic E-state index is 0.0106. The fraction of sp³-hybridized carbons (Fsp3) is 0.412. The van der Waals surface area contributed by atoms with Crippen LogP contribution in [0.4, 0.5) is 16.2 Å². The van der Waals surface area contributed by atoms with Gasteiger partial charge in [0.25, 0.3) is 0 Å². The van der Waals surface area contributed by atoms with Crippen molar-refractivity contribution in [3.05, 3.63) is 40.8 Å². The maximum atomic E-state index is 13.3. The van der Waals surface area contributed by atoms with Gasteiger partial charge in [-0.1, -0.05) is 11.6 Å². The van der Waals surface area contributed by atoms with Gasteiger partial charge in [0.05, 0.1) is 9.92 Å². The number of hydrogen-bond acceptors (Lipinski definition) is 6. The third-order valence-electron chi connectivity index (χ3n) is 4.25. The Balaban J connectivity index is 1.74. The zero-order valence-corrected chi connectivity index (χ0v) is 16.7. The maximum Gasteiger partial charge on any atom is 0.243 e. The molecule has 3 rings (SSSR count). The van der Waals surface area contributed by atoms with Gasteiger partial charge < -0.3 is 10.2 Å². The van der Waals surface area contributed by atoms with Crippen LogP contribution in [0, 0.1) is 12.7 Å². The molecular formula is C17H21ClFN5O2S. The molecule has 0 radical (unpaired) electrons. The lowest BCUT2D eigenvalue weighted by molar-refractivity contribution is 0.382. The average Bonchev–Trinajstić information content (AvgIpc) is 2.64. The van der Waals surface area contributed by atoms with Crippen LogP contribution in [0.25, 0.3) is 0 Å². The largest absolute Gasteiger partial charge is 0.370 e. The zero-order chi connectivity index (χ0) is 19.6. The highest BCUT2D eigenvalue weighted by Gasteiger charge is 2.30. The predicted octanol–water partition coefficient (Wildman–Crippen LogP) is 2.52. The van der Waals surface area contributed by atoms with Gasteiger partial charge in [-0.15, -0.1) is 0 Å². The summed E-state index contributed by atoms with van der Waals surface area (Å²) in [5.74, 6) is 0.678. The summed E-state index contributed by atoms with van der Waals surface area (Å²) in [6, 6.07) is 5.31. The van der Waals surface area contributed by atoms with Gasteiger partial charge in [-0.25, -0.2) is 17.8 Å². The third kappa shape index (κ3) is 4.31. The number of aryl methyl sites for hydroxylation is 1. The van der Waals surface area contributed by atoms with Crippen molar-refractivity contribution in [2.24, 2.45) is 0 Å². The fourth-order valence-corrected chi connectivity index (χ4v) is 4.58. The van der Waals surface area contributed by atoms with Crippen LogP contribution in [0.5, 0.6) is 0 Å². The van der Waals surface area contributed by atoms with Gasteiger partial charge in [-0.2, -0.15) is 9.29 Å². The molecule has 0 atom stereocenters. The van der Waals surface area contributed by atoms with Crippen LogP contribution in [0.1, 0.15) is 12.6 Å². The molecule has 1 aromatic heterocycles. The highest BCUT2D eigenvalue weighted by Crippen LogP contribution is 2.24. The van der Waals surface area contributed by atoms with E-state index in [2.05, 4.69) is 15.3 Å². The molecule has 1 aromatic carbocycles. The van der Waals surface area contributed by atoms with Gasteiger partial charge in [-0.3, -0.25) is 0 Å². The normalized spacial score (nSPS) is 15.8. The first-order chi connectivity index (χ1) is 12.8. The van der Waals surface area contributed by atoms with Crippen LogP contribution in [-0.4, -0.2) is 55.4 Å². The first-order valence-corrected chi connectivity index (χ1v) is 10.4. The summed E-state index contributed by atoms with van der Waals surface area (Å²) in [4.78, 5) is 10.9. The molecule has 2 heterocycles. The van der Waals surface area contributed by atoms with Crippen molar-refractivity contribution in [1.82, 2.24) is 14.3 Å². The second-order valence-corrected chi connectivity index (χ2v) is 8.54. The molecule has 146 valence electrons. The summed E-state index contributed by atoms with van der Waals surface area (Å²) in [6.07, 6.45) is 0. The lowest BCUT2D eigenvalue weighted by Gasteiger charge is -2.34. The van der Waals surface area contributed by atoms with Crippen molar-refractivity contribution in [1.29, 1.82) is 0 Å². The Hall–Kier alpha value is -1.97. The number of hydrogen-bond donors (Lipinski definition) is 1. The number of nitrogens with zero attached hydrogens (tertiary/aromatic N) is 4. The van der Waals surface area contributed by atoms with Gasteiger partial charge >= 0.3 is 0 Å². The van der Waals surface area contributed by atoms with Crippen LogP contribution >= 0.6 is 11.6 Å². The Labute approximate surface area is 163 Å². The average molecular weight is 414 g/mol. The molecule has 0 saturated carbocycles. The molecule has 1 N–H and O–H groups in total. The molecule has 0 bridgehead atoms. The second kappa shape index (κ2) is 7.95. The van der Waals surface area contributed by atoms with Crippen LogP contribution in [0.2, 0.25) is 5.02 Å². The molecular weight excluding hydrogens is 393 g/mol. The van der Waals surface area contributed by atoms with Crippen LogP contribution in [0.15, 0.2) is 29.2 Å². The van der Waals surface area contributed by atoms with Gasteiger partial charge in [0, 0.05) is 44.5 Å². The topological polar surface area (TPSA) is 78.4 Å². The van der Waals surface area contributed by atoms with E-state index in [4.69, 9.17) is 11.6 Å². The summed E-state index contributed by atoms with van der Waals surface area (Å²) < 4.78 is 40.2. The number of sulfonamides is 1. The number of aromatic nitrogens is 2. The van der Waals surface area contributed by atoms with Crippen molar-refractivity contribution in [3.63, 3.8) is 0 Å². The van der Waals surface area contributed by atoms with Crippen molar-refractivity contribution >= 4 is 33.4 Å². The molecule has 27 heavy (non-hydrogen) atoms. The molecule has 1 aliphatic heterocycles. The minimum Gasteiger partial charge on any atom is -0.370 e. The fourth-order valence-electron chi connectivity index (χ4n) is 2.88. The summed E-state index contributed by atoms with van der Waals surface area (Å²) in [5, 5.41) is 2.96. The molecule has 0 amide bonds. The van der Waals surface area contributed by atoms with E-state index in [9.17, 15) is 12.8 Å². The Kier molecular flexibility index (Phi) is 5.83. The Morgan fingerprint density at radius 3 is 2.52 bits per heavy atom. The highest BCUT2D eigenvalue weighted by atomic mass is 35.5. The number of piperazine rings is 1. The van der Waals surface area contributed by atoms with Gasteiger partial charge in [-0.05, 0) is 32.0 Å². The predicted molar refractivity (Wildman–Crippen MR) is 103 cm³/mol. The Morgan fingerprint density at radius 2 is 1.89 bits per heavy atom. The molecule has 2 aromatic rings. The summed E-state index contributed by atoms with van der Waals surface area (Å²) >= 11 is 5.73. The Bertz CT molecular complexity index is 933. The van der Waals surface area contributed by atoms with Crippen LogP contribution in [0.3, 0.4) is 0 Å². The molecule has 0 unspecified atom stereocenters. The molecule has 7 nitrogen and oxygen atoms in total. The molecule has 0 spiro atoms. The maximum absolute atomic E-state index is 13.3. The van der Waals surface area contributed by atoms with Crippen molar-refractivity contribution in [2.75, 3.05) is 42.9 Å². The number of halogens is 2. The first kappa shape index (κ1) is 19.8. The van der Waals surface area contributed by atoms with E-state index in [0.717, 1.165) is 30.2 Å². The van der Waals surface area contributed by atoms with E-state index in [1.807, 2.05) is 24.8 Å². The second-order valence-electron chi connectivity index (χ2n) is 6.19. The summed E-state index contributed by atoms with van der Waals surface area (Å²) in [5.41, 5.74) is 0.840. The standard InChI is InChI=1S/C17H21ClFN5O2S/c1-3-20-16-10-12(2)21-17(22-16)23-6-8-24(9-7-23)27(25,26)13-4-5-15(19)14(18)11-13/h4-5,10-11H,3,6-9H2,1-2H3,(H,20,21,22). The first-order valence-electron chi connectivity index (χ1n) is 8.61. The van der Waals surface area contributed by atoms with E-state index in [-0.39, 0.29) is 23.0 Å². The van der Waals surface area contributed by atoms with E-state index in [0.29, 0.717) is 19.0 Å². The number of rotatable bonds is 5. The molecule has 1 saturated heterocycles. The lowest BCUT2D eigenvalue weighted by atomic mass is 10.3. The van der Waals surface area contributed by atoms with E-state index >= 15 is 0 Å². The lowest BCUT2D eigenvalue weighted by Crippen LogP contribution is -2.49. The quantitative estimate of drug-likeness (QED) is 0.811. The van der Waals surface area contributed by atoms with E-state index < -0.39 is 15.8 Å². The van der Waals surface area contributed by atoms with Crippen LogP contribution < -0.4 is 10.2 Å². The number of nitrogens with one attached hydrogen (secondary N) is 1. The third-order valence-corrected chi connectivity index (χ3v) is 6.43. The van der Waals surface area contributed by atoms with Gasteiger partial charge in [0.2, 0.25) is 16.0 Å². The van der Waals surface area contributed by atoms with Gasteiger partial charge in [0.1, 0.15) is 11.6 Å². The smallest absolute Gasteiger partial charge is 0.243 e. The zero-order valence-electron chi connectivity index (χ0n) is 15.1. The molecule has 10 heteroatoms. The van der Waals surface area contributed by atoms with Crippen molar-refractivity contribution in [3.8, 4) is 0 Å². The van der Waals surface area contributed by atoms with Gasteiger partial charge in [0.15, 0.2) is 0 Å². The number of benzene rings is 1. The van der Waals surface area contributed by atoms with Crippen molar-refractivity contribution in [2.45, 2.75) is 18.7 Å². The monoisotopic (exact) mass is 413 g/mol. The van der Waals surface area contributed by atoms with Crippen molar-refractivity contribution < 1.29 is 12.8 Å².